The lowest BCUT2D eigenvalue weighted by molar-refractivity contribution is 0.0688. The van der Waals surface area contributed by atoms with Crippen LogP contribution in [0.5, 0.6) is 0 Å². The first kappa shape index (κ1) is 14.1. The number of hydrogen-bond donors (Lipinski definition) is 1. The van der Waals surface area contributed by atoms with E-state index in [9.17, 15) is 4.39 Å². The van der Waals surface area contributed by atoms with Gasteiger partial charge in [-0.2, -0.15) is 0 Å². The Bertz CT molecular complexity index is 437. The van der Waals surface area contributed by atoms with E-state index in [-0.39, 0.29) is 5.82 Å². The minimum Gasteiger partial charge on any atom is -0.316 e. The van der Waals surface area contributed by atoms with E-state index >= 15 is 0 Å². The van der Waals surface area contributed by atoms with E-state index in [0.717, 1.165) is 19.0 Å². The van der Waals surface area contributed by atoms with Crippen LogP contribution in [-0.4, -0.2) is 13.1 Å². The molecule has 1 aliphatic carbocycles. The predicted molar refractivity (Wildman–Crippen MR) is 81.3 cm³/mol. The van der Waals surface area contributed by atoms with Gasteiger partial charge in [-0.15, -0.1) is 0 Å². The van der Waals surface area contributed by atoms with Crippen molar-refractivity contribution in [1.29, 1.82) is 0 Å². The maximum atomic E-state index is 13.2. The quantitative estimate of drug-likeness (QED) is 0.838. The number of nitrogens with one attached hydrogen (secondary N) is 1. The van der Waals surface area contributed by atoms with E-state index in [1.54, 1.807) is 12.1 Å². The van der Waals surface area contributed by atoms with Crippen LogP contribution in [0.1, 0.15) is 56.9 Å². The van der Waals surface area contributed by atoms with Gasteiger partial charge in [0.25, 0.3) is 0 Å². The van der Waals surface area contributed by atoms with Crippen molar-refractivity contribution in [2.75, 3.05) is 13.1 Å². The van der Waals surface area contributed by atoms with Crippen LogP contribution >= 0.6 is 0 Å². The number of benzene rings is 1. The average molecular weight is 275 g/mol. The third kappa shape index (κ3) is 2.63. The van der Waals surface area contributed by atoms with Crippen molar-refractivity contribution in [3.63, 3.8) is 0 Å². The molecule has 1 saturated heterocycles. The molecule has 3 atom stereocenters. The van der Waals surface area contributed by atoms with Crippen LogP contribution in [-0.2, 0) is 0 Å². The van der Waals surface area contributed by atoms with Gasteiger partial charge >= 0.3 is 0 Å². The van der Waals surface area contributed by atoms with Gasteiger partial charge in [0.1, 0.15) is 5.82 Å². The van der Waals surface area contributed by atoms with Gasteiger partial charge in [-0.05, 0) is 54.8 Å². The molecule has 2 aliphatic rings. The van der Waals surface area contributed by atoms with Crippen LogP contribution in [0.2, 0.25) is 0 Å². The third-order valence-electron chi connectivity index (χ3n) is 5.72. The Hall–Kier alpha value is -0.890. The van der Waals surface area contributed by atoms with E-state index in [0.29, 0.717) is 11.3 Å². The van der Waals surface area contributed by atoms with Gasteiger partial charge in [-0.3, -0.25) is 0 Å². The fraction of sp³-hybridized carbons (Fsp3) is 0.667. The zero-order valence-corrected chi connectivity index (χ0v) is 12.5. The summed E-state index contributed by atoms with van der Waals surface area (Å²) in [6.07, 6.45) is 8.09. The number of rotatable bonds is 2. The Morgan fingerprint density at radius 2 is 2.05 bits per heavy atom. The van der Waals surface area contributed by atoms with Crippen LogP contribution < -0.4 is 5.32 Å². The van der Waals surface area contributed by atoms with Crippen LogP contribution in [0, 0.1) is 17.2 Å². The summed E-state index contributed by atoms with van der Waals surface area (Å²) in [6, 6.07) is 7.25. The van der Waals surface area contributed by atoms with Gasteiger partial charge < -0.3 is 5.32 Å². The number of halogens is 1. The molecule has 0 bridgehead atoms. The van der Waals surface area contributed by atoms with E-state index < -0.39 is 0 Å². The Labute approximate surface area is 122 Å². The Morgan fingerprint density at radius 3 is 2.80 bits per heavy atom. The Kier molecular flexibility index (Phi) is 4.11. The van der Waals surface area contributed by atoms with E-state index in [1.165, 1.54) is 44.1 Å². The van der Waals surface area contributed by atoms with Gasteiger partial charge in [0, 0.05) is 12.5 Å². The molecule has 3 unspecified atom stereocenters. The summed E-state index contributed by atoms with van der Waals surface area (Å²) in [5, 5.41) is 3.56. The fourth-order valence-corrected chi connectivity index (χ4v) is 4.55. The standard InChI is InChI=1S/C18H26FN/c1-2-14-4-3-9-18(12-14)10-11-20-13-17(18)15-5-7-16(19)8-6-15/h5-8,14,17,20H,2-4,9-13H2,1H3. The highest BCUT2D eigenvalue weighted by atomic mass is 19.1. The second-order valence-electron chi connectivity index (χ2n) is 6.79. The molecule has 1 nitrogen and oxygen atoms in total. The molecule has 0 amide bonds. The summed E-state index contributed by atoms with van der Waals surface area (Å²) < 4.78 is 13.2. The van der Waals surface area contributed by atoms with Crippen molar-refractivity contribution in [2.24, 2.45) is 11.3 Å². The molecule has 1 aromatic carbocycles. The summed E-state index contributed by atoms with van der Waals surface area (Å²) in [4.78, 5) is 0. The lowest BCUT2D eigenvalue weighted by Crippen LogP contribution is -2.46. The minimum absolute atomic E-state index is 0.123. The van der Waals surface area contributed by atoms with Crippen LogP contribution in [0.3, 0.4) is 0 Å². The Balaban J connectivity index is 1.88. The molecule has 1 aliphatic heterocycles. The first-order valence-corrected chi connectivity index (χ1v) is 8.20. The second-order valence-corrected chi connectivity index (χ2v) is 6.79. The first-order valence-electron chi connectivity index (χ1n) is 8.20. The topological polar surface area (TPSA) is 12.0 Å². The van der Waals surface area contributed by atoms with Crippen molar-refractivity contribution in [2.45, 2.75) is 51.4 Å². The number of piperidine rings is 1. The van der Waals surface area contributed by atoms with Crippen molar-refractivity contribution in [3.05, 3.63) is 35.6 Å². The zero-order valence-electron chi connectivity index (χ0n) is 12.5. The smallest absolute Gasteiger partial charge is 0.123 e. The molecule has 1 saturated carbocycles. The summed E-state index contributed by atoms with van der Waals surface area (Å²) in [5.41, 5.74) is 1.79. The highest BCUT2D eigenvalue weighted by Crippen LogP contribution is 2.52. The average Bonchev–Trinajstić information content (AvgIpc) is 2.49. The SMILES string of the molecule is CCC1CCCC2(CCNCC2c2ccc(F)cc2)C1. The van der Waals surface area contributed by atoms with E-state index in [2.05, 4.69) is 12.2 Å². The highest BCUT2D eigenvalue weighted by Gasteiger charge is 2.44. The normalized spacial score (nSPS) is 34.3. The van der Waals surface area contributed by atoms with Crippen LogP contribution in [0.4, 0.5) is 4.39 Å². The molecule has 2 fully saturated rings. The van der Waals surface area contributed by atoms with Gasteiger partial charge in [-0.1, -0.05) is 38.3 Å². The molecular formula is C18H26FN. The zero-order chi connectivity index (χ0) is 14.0. The molecule has 3 rings (SSSR count). The molecule has 1 N–H and O–H groups in total. The van der Waals surface area contributed by atoms with Gasteiger partial charge in [-0.25, -0.2) is 4.39 Å². The molecule has 0 aromatic heterocycles. The van der Waals surface area contributed by atoms with Crippen molar-refractivity contribution in [3.8, 4) is 0 Å². The maximum absolute atomic E-state index is 13.2. The molecule has 1 spiro atoms. The summed E-state index contributed by atoms with van der Waals surface area (Å²) in [5.74, 6) is 1.33. The molecule has 110 valence electrons. The molecule has 1 heterocycles. The Morgan fingerprint density at radius 1 is 1.25 bits per heavy atom. The van der Waals surface area contributed by atoms with E-state index in [4.69, 9.17) is 0 Å². The van der Waals surface area contributed by atoms with Crippen molar-refractivity contribution in [1.82, 2.24) is 5.32 Å². The van der Waals surface area contributed by atoms with Gasteiger partial charge in [0.15, 0.2) is 0 Å². The lowest BCUT2D eigenvalue weighted by atomic mass is 9.58. The molecule has 1 aromatic rings. The first-order chi connectivity index (χ1) is 9.73. The summed E-state index contributed by atoms with van der Waals surface area (Å²) >= 11 is 0. The fourth-order valence-electron chi connectivity index (χ4n) is 4.55. The predicted octanol–water partition coefficient (Wildman–Crippen LogP) is 4.49. The molecule has 2 heteroatoms. The van der Waals surface area contributed by atoms with Crippen LogP contribution in [0.25, 0.3) is 0 Å². The largest absolute Gasteiger partial charge is 0.316 e. The summed E-state index contributed by atoms with van der Waals surface area (Å²) in [6.45, 7) is 4.54. The molecule has 0 radical (unpaired) electrons. The minimum atomic E-state index is -0.123. The van der Waals surface area contributed by atoms with Crippen molar-refractivity contribution < 1.29 is 4.39 Å². The lowest BCUT2D eigenvalue weighted by Gasteiger charge is -2.49. The van der Waals surface area contributed by atoms with Crippen molar-refractivity contribution >= 4 is 0 Å². The maximum Gasteiger partial charge on any atom is 0.123 e. The monoisotopic (exact) mass is 275 g/mol. The summed E-state index contributed by atoms with van der Waals surface area (Å²) in [7, 11) is 0. The van der Waals surface area contributed by atoms with Gasteiger partial charge in [0.2, 0.25) is 0 Å². The number of hydrogen-bond acceptors (Lipinski definition) is 1. The van der Waals surface area contributed by atoms with Crippen LogP contribution in [0.15, 0.2) is 24.3 Å². The molecular weight excluding hydrogens is 249 g/mol. The highest BCUT2D eigenvalue weighted by molar-refractivity contribution is 5.25. The second kappa shape index (κ2) is 5.85. The van der Waals surface area contributed by atoms with Gasteiger partial charge in [0.05, 0.1) is 0 Å². The third-order valence-corrected chi connectivity index (χ3v) is 5.72. The van der Waals surface area contributed by atoms with E-state index in [1.807, 2.05) is 12.1 Å². The molecule has 20 heavy (non-hydrogen) atoms.